The molecule has 88 heavy (non-hydrogen) atoms. The number of sulfonamides is 3. The number of fused-ring (bicyclic) bond motifs is 20. The van der Waals surface area contributed by atoms with E-state index in [0.717, 1.165) is 77.0 Å². The average molecular weight is 1260 g/mol. The molecular formula is C65H87N11O9S3. The van der Waals surface area contributed by atoms with Gasteiger partial charge in [-0.2, -0.15) is 0 Å². The van der Waals surface area contributed by atoms with Crippen LogP contribution in [0.25, 0.3) is 90.4 Å². The van der Waals surface area contributed by atoms with Crippen LogP contribution in [-0.2, 0) is 44.3 Å². The molecule has 3 unspecified atom stereocenters. The number of ether oxygens (including phenoxy) is 3. The summed E-state index contributed by atoms with van der Waals surface area (Å²) in [4.78, 5) is 36.8. The number of hydrogen-bond donors (Lipinski definition) is 5. The van der Waals surface area contributed by atoms with E-state index < -0.39 is 30.1 Å². The van der Waals surface area contributed by atoms with Gasteiger partial charge < -0.3 is 24.2 Å². The summed E-state index contributed by atoms with van der Waals surface area (Å²) in [7, 11) is -12.3. The highest BCUT2D eigenvalue weighted by molar-refractivity contribution is 7.90. The zero-order chi connectivity index (χ0) is 62.3. The molecule has 0 aliphatic carbocycles. The molecule has 20 nitrogen and oxygen atoms in total. The van der Waals surface area contributed by atoms with Crippen LogP contribution in [0.15, 0.2) is 93.5 Å². The van der Waals surface area contributed by atoms with Gasteiger partial charge in [-0.15, -0.1) is 0 Å². The number of rotatable bonds is 36. The van der Waals surface area contributed by atoms with Crippen LogP contribution >= 0.6 is 0 Å². The largest absolute Gasteiger partial charge is 0.381 e. The molecule has 6 aromatic rings. The van der Waals surface area contributed by atoms with Gasteiger partial charge in [0, 0.05) is 97.9 Å². The molecule has 0 amide bonds. The third kappa shape index (κ3) is 16.2. The van der Waals surface area contributed by atoms with Gasteiger partial charge in [0.1, 0.15) is 17.1 Å². The molecule has 4 aromatic carbocycles. The molecule has 0 radical (unpaired) electrons. The van der Waals surface area contributed by atoms with E-state index in [1.807, 2.05) is 24.3 Å². The van der Waals surface area contributed by atoms with Gasteiger partial charge in [-0.1, -0.05) is 136 Å². The lowest BCUT2D eigenvalue weighted by Gasteiger charge is -2.15. The summed E-state index contributed by atoms with van der Waals surface area (Å²) in [5.41, 5.74) is 3.20. The van der Waals surface area contributed by atoms with Crippen molar-refractivity contribution in [3.05, 3.63) is 78.9 Å². The molecular weight excluding hydrogens is 1170 g/mol. The van der Waals surface area contributed by atoms with Crippen molar-refractivity contribution in [1.82, 2.24) is 54.0 Å². The van der Waals surface area contributed by atoms with Crippen LogP contribution < -0.4 is 14.2 Å². The number of nitrogens with zero attached hydrogens (tertiary/aromatic N) is 6. The summed E-state index contributed by atoms with van der Waals surface area (Å²) in [6.07, 6.45) is 14.5. The third-order valence-electron chi connectivity index (χ3n) is 16.5. The number of hydrogen-bond acceptors (Lipinski definition) is 15. The van der Waals surface area contributed by atoms with Crippen molar-refractivity contribution in [1.29, 1.82) is 0 Å². The van der Waals surface area contributed by atoms with E-state index in [4.69, 9.17) is 44.1 Å². The Bertz CT molecular complexity index is 3930. The molecule has 5 heterocycles. The van der Waals surface area contributed by atoms with Crippen LogP contribution in [0.1, 0.15) is 138 Å². The maximum atomic E-state index is 14.5. The summed E-state index contributed by atoms with van der Waals surface area (Å²) in [6, 6.07) is 21.6. The highest BCUT2D eigenvalue weighted by Crippen LogP contribution is 2.42. The number of unbranched alkanes of at least 4 members (excludes halogenated alkanes) is 3. The van der Waals surface area contributed by atoms with Gasteiger partial charge in [-0.25, -0.2) is 69.3 Å². The van der Waals surface area contributed by atoms with Gasteiger partial charge >= 0.3 is 0 Å². The smallest absolute Gasteiger partial charge is 0.241 e. The Kier molecular flexibility index (Phi) is 23.4. The fraction of sp³-hybridized carbons (Fsp3) is 0.508. The quantitative estimate of drug-likeness (QED) is 0.0228. The van der Waals surface area contributed by atoms with Crippen LogP contribution in [0.5, 0.6) is 0 Å². The van der Waals surface area contributed by atoms with Crippen molar-refractivity contribution in [2.24, 2.45) is 17.8 Å². The van der Waals surface area contributed by atoms with Gasteiger partial charge in [-0.3, -0.25) is 0 Å². The third-order valence-corrected chi connectivity index (χ3v) is 21.0. The maximum Gasteiger partial charge on any atom is 0.241 e. The summed E-state index contributed by atoms with van der Waals surface area (Å²) >= 11 is 0. The second-order valence-corrected chi connectivity index (χ2v) is 28.2. The number of benzene rings is 4. The van der Waals surface area contributed by atoms with E-state index in [1.54, 1.807) is 30.3 Å². The highest BCUT2D eigenvalue weighted by atomic mass is 32.2. The average Bonchev–Trinajstić information content (AvgIpc) is 1.68. The minimum atomic E-state index is -4.21. The predicted octanol–water partition coefficient (Wildman–Crippen LogP) is 12.5. The van der Waals surface area contributed by atoms with E-state index in [-0.39, 0.29) is 74.7 Å². The Morgan fingerprint density at radius 3 is 1.45 bits per heavy atom. The Labute approximate surface area is 519 Å². The molecule has 0 spiro atoms. The first-order valence-electron chi connectivity index (χ1n) is 31.7. The molecule has 0 fully saturated rings. The molecule has 474 valence electrons. The topological polar surface area (TPSA) is 275 Å². The normalized spacial score (nSPS) is 13.7. The number of aromatic nitrogens is 8. The van der Waals surface area contributed by atoms with E-state index in [1.165, 1.54) is 24.3 Å². The molecule has 3 aliphatic rings. The molecule has 23 heteroatoms. The van der Waals surface area contributed by atoms with Crippen LogP contribution in [0.2, 0.25) is 0 Å². The van der Waals surface area contributed by atoms with Gasteiger partial charge in [-0.05, 0) is 98.7 Å². The SMILES string of the molecule is CCCCC(CC)COCCCNS(=O)(=O)c1ccc2c(c1)-c1nc-2nc2nc(nc3nc([nH]c4[nH]c(n1)c1ccc(S(=O)(=O)NCCCOCC(CC)CCCC)cc41)-c1ccccc1-3)-c1cccc(S(=O)(=O)NCCCOCC(CC)CCCC)c1-2. The second kappa shape index (κ2) is 31.0. The molecule has 0 saturated carbocycles. The molecule has 9 rings (SSSR count). The molecule has 0 saturated heterocycles. The summed E-state index contributed by atoms with van der Waals surface area (Å²) in [6.45, 7) is 16.5. The minimum absolute atomic E-state index is 0.00534. The first kappa shape index (κ1) is 66.3. The maximum absolute atomic E-state index is 14.5. The predicted molar refractivity (Wildman–Crippen MR) is 346 cm³/mol. The fourth-order valence-corrected chi connectivity index (χ4v) is 14.6. The van der Waals surface area contributed by atoms with Crippen molar-refractivity contribution in [2.45, 2.75) is 153 Å². The lowest BCUT2D eigenvalue weighted by Crippen LogP contribution is -2.26. The van der Waals surface area contributed by atoms with Crippen LogP contribution in [0, 0.1) is 17.8 Å². The van der Waals surface area contributed by atoms with Gasteiger partial charge in [0.05, 0.1) is 20.2 Å². The zero-order valence-electron chi connectivity index (χ0n) is 51.8. The first-order valence-corrected chi connectivity index (χ1v) is 36.1. The monoisotopic (exact) mass is 1260 g/mol. The Morgan fingerprint density at radius 1 is 0.432 bits per heavy atom. The first-order chi connectivity index (χ1) is 42.6. The molecule has 3 aliphatic heterocycles. The van der Waals surface area contributed by atoms with Crippen LogP contribution in [0.4, 0.5) is 0 Å². The second-order valence-electron chi connectivity index (χ2n) is 23.0. The Hall–Kier alpha value is -6.15. The van der Waals surface area contributed by atoms with Crippen molar-refractivity contribution in [3.63, 3.8) is 0 Å². The molecule has 5 N–H and O–H groups in total. The van der Waals surface area contributed by atoms with E-state index >= 15 is 0 Å². The summed E-state index contributed by atoms with van der Waals surface area (Å²) in [5.74, 6) is 2.30. The van der Waals surface area contributed by atoms with Crippen molar-refractivity contribution in [3.8, 4) is 68.3 Å². The highest BCUT2D eigenvalue weighted by Gasteiger charge is 2.32. The van der Waals surface area contributed by atoms with Crippen molar-refractivity contribution in [2.75, 3.05) is 59.3 Å². The van der Waals surface area contributed by atoms with E-state index in [9.17, 15) is 25.3 Å². The number of nitrogens with one attached hydrogen (secondary N) is 5. The zero-order valence-corrected chi connectivity index (χ0v) is 54.2. The molecule has 8 bridgehead atoms. The minimum Gasteiger partial charge on any atom is -0.381 e. The van der Waals surface area contributed by atoms with Crippen molar-refractivity contribution < 1.29 is 39.5 Å². The van der Waals surface area contributed by atoms with Gasteiger partial charge in [0.15, 0.2) is 29.1 Å². The Balaban J connectivity index is 1.12. The van der Waals surface area contributed by atoms with Crippen molar-refractivity contribution >= 4 is 52.1 Å². The van der Waals surface area contributed by atoms with Crippen LogP contribution in [-0.4, -0.2) is 124 Å². The fourth-order valence-electron chi connectivity index (χ4n) is 11.1. The molecule has 2 aromatic heterocycles. The number of aromatic amines is 2. The lowest BCUT2D eigenvalue weighted by molar-refractivity contribution is 0.0928. The van der Waals surface area contributed by atoms with E-state index in [0.29, 0.717) is 127 Å². The van der Waals surface area contributed by atoms with Crippen LogP contribution in [0.3, 0.4) is 0 Å². The lowest BCUT2D eigenvalue weighted by atomic mass is 10.0. The number of H-pyrrole nitrogens is 2. The summed E-state index contributed by atoms with van der Waals surface area (Å²) < 4.78 is 112. The van der Waals surface area contributed by atoms with E-state index in [2.05, 4.69) is 65.7 Å². The molecule has 3 atom stereocenters. The Morgan fingerprint density at radius 2 is 0.898 bits per heavy atom. The van der Waals surface area contributed by atoms with Gasteiger partial charge in [0.2, 0.25) is 30.1 Å². The summed E-state index contributed by atoms with van der Waals surface area (Å²) in [5, 5.41) is 0.960. The standard InChI is InChI=1S/C65H87N11O9S3/c1-7-13-22-44(10-4)41-83-36-19-33-66-86(77,78)47-29-31-51-54(39-47)63-71-59-50-26-17-16-25-49(50)58(69-59)70-62-53-27-18-28-56(88(81,82)68-35-21-38-85-43-46(12-6)24-15-9-3)57(53)65(76-62)75-61-52-32-30-48(40-55(52)64(74-61)73-60(51)72-63)87(79,80)67-34-20-37-84-42-45(11-5)23-14-8-2/h16-18,25-32,39-40,44-46,66-68H,7-15,19-24,33-38,41-43H2,1-6H3,(H2,69,70,71,72,73,74,75,76). The van der Waals surface area contributed by atoms with Gasteiger partial charge in [0.25, 0.3) is 0 Å².